The molecule has 7 heteroatoms. The molecule has 0 fully saturated rings. The van der Waals surface area contributed by atoms with Gasteiger partial charge < -0.3 is 15.7 Å². The van der Waals surface area contributed by atoms with Gasteiger partial charge in [-0.25, -0.2) is 12.4 Å². The van der Waals surface area contributed by atoms with Crippen molar-refractivity contribution in [2.75, 3.05) is 14.1 Å². The minimum Gasteiger partial charge on any atom is -0.814 e. The third-order valence-electron chi connectivity index (χ3n) is 2.92. The average Bonchev–Trinajstić information content (AvgIpc) is 2.72. The molecule has 0 saturated heterocycles. The van der Waals surface area contributed by atoms with E-state index in [-0.39, 0.29) is 25.3 Å². The smallest absolute Gasteiger partial charge is 0.814 e. The van der Waals surface area contributed by atoms with Crippen molar-refractivity contribution < 1.29 is 23.9 Å². The third kappa shape index (κ3) is 15.3. The number of benzene rings is 1. The van der Waals surface area contributed by atoms with E-state index < -0.39 is 0 Å². The monoisotopic (exact) mass is 494 g/mol. The molecule has 0 N–H and O–H groups in total. The maximum atomic E-state index is 12.4. The molecule has 5 nitrogen and oxygen atoms in total. The zero-order chi connectivity index (χ0) is 21.9. The van der Waals surface area contributed by atoms with Gasteiger partial charge >= 0.3 is 19.5 Å². The molecule has 0 bridgehead atoms. The Bertz CT molecular complexity index is 738. The summed E-state index contributed by atoms with van der Waals surface area (Å²) in [5.74, 6) is -0.229. The second kappa shape index (κ2) is 19.7. The summed E-state index contributed by atoms with van der Waals surface area (Å²) in [6.45, 7) is 3.92. The van der Waals surface area contributed by atoms with Crippen LogP contribution in [0.1, 0.15) is 19.4 Å². The van der Waals surface area contributed by atoms with Crippen LogP contribution in [0.4, 0.5) is 4.39 Å². The summed E-state index contributed by atoms with van der Waals surface area (Å²) < 4.78 is 12.4. The summed E-state index contributed by atoms with van der Waals surface area (Å²) in [5, 5.41) is 14.9. The van der Waals surface area contributed by atoms with Crippen molar-refractivity contribution in [3.05, 3.63) is 95.3 Å². The molecule has 1 aromatic carbocycles. The number of hydrogen-bond donors (Lipinski definition) is 0. The number of halogens is 1. The van der Waals surface area contributed by atoms with Crippen molar-refractivity contribution in [1.82, 2.24) is 14.9 Å². The summed E-state index contributed by atoms with van der Waals surface area (Å²) in [6.07, 6.45) is 5.54. The Morgan fingerprint density at radius 3 is 1.67 bits per heavy atom. The Balaban J connectivity index is 0. The normalized spacial score (nSPS) is 8.60. The SMILES string of the molecule is CC=[N-].CC=[N-].CN(C)Cc1[c-]cc(F)cc1.[Ru+4].c1ccc(-c2ccccn2)nc1. The molecule has 0 amide bonds. The van der Waals surface area contributed by atoms with Crippen LogP contribution in [0, 0.1) is 11.9 Å². The number of nitrogens with zero attached hydrogens (tertiary/aromatic N) is 5. The first-order valence-corrected chi connectivity index (χ1v) is 8.95. The van der Waals surface area contributed by atoms with Crippen LogP contribution < -0.4 is 0 Å². The van der Waals surface area contributed by atoms with Gasteiger partial charge in [0.15, 0.2) is 0 Å². The predicted molar refractivity (Wildman–Crippen MR) is 120 cm³/mol. The van der Waals surface area contributed by atoms with Crippen LogP contribution in [0.25, 0.3) is 22.2 Å². The van der Waals surface area contributed by atoms with Crippen LogP contribution in [0.3, 0.4) is 0 Å². The molecule has 0 atom stereocenters. The second-order valence-corrected chi connectivity index (χ2v) is 5.72. The molecule has 2 heterocycles. The first-order chi connectivity index (χ1) is 14.0. The maximum absolute atomic E-state index is 12.4. The molecule has 30 heavy (non-hydrogen) atoms. The molecule has 158 valence electrons. The van der Waals surface area contributed by atoms with E-state index in [2.05, 4.69) is 16.0 Å². The Morgan fingerprint density at radius 2 is 1.37 bits per heavy atom. The fourth-order valence-corrected chi connectivity index (χ4v) is 1.91. The summed E-state index contributed by atoms with van der Waals surface area (Å²) in [6, 6.07) is 19.0. The van der Waals surface area contributed by atoms with E-state index in [1.807, 2.05) is 55.4 Å². The predicted octanol–water partition coefficient (Wildman–Crippen LogP) is 5.12. The molecule has 0 spiro atoms. The summed E-state index contributed by atoms with van der Waals surface area (Å²) in [4.78, 5) is 10.4. The van der Waals surface area contributed by atoms with Crippen LogP contribution in [-0.4, -0.2) is 41.4 Å². The quantitative estimate of drug-likeness (QED) is 0.289. The van der Waals surface area contributed by atoms with E-state index in [0.717, 1.165) is 35.9 Å². The third-order valence-corrected chi connectivity index (χ3v) is 2.92. The van der Waals surface area contributed by atoms with Crippen molar-refractivity contribution in [1.29, 1.82) is 0 Å². The second-order valence-electron chi connectivity index (χ2n) is 5.72. The first kappa shape index (κ1) is 29.6. The topological polar surface area (TPSA) is 73.6 Å². The van der Waals surface area contributed by atoms with Gasteiger partial charge in [-0.1, -0.05) is 26.0 Å². The molecular weight excluding hydrogens is 466 g/mol. The van der Waals surface area contributed by atoms with Crippen LogP contribution in [0.15, 0.2) is 67.0 Å². The Labute approximate surface area is 192 Å². The van der Waals surface area contributed by atoms with E-state index in [4.69, 9.17) is 10.8 Å². The van der Waals surface area contributed by atoms with Gasteiger partial charge in [-0.15, -0.1) is 17.7 Å². The van der Waals surface area contributed by atoms with Gasteiger partial charge in [-0.2, -0.15) is 12.1 Å². The molecule has 0 unspecified atom stereocenters. The van der Waals surface area contributed by atoms with Gasteiger partial charge in [0.25, 0.3) is 0 Å². The van der Waals surface area contributed by atoms with E-state index in [0.29, 0.717) is 0 Å². The van der Waals surface area contributed by atoms with Crippen LogP contribution in [0.5, 0.6) is 0 Å². The Kier molecular flexibility index (Phi) is 19.4. The molecule has 0 saturated carbocycles. The molecule has 2 aromatic heterocycles. The van der Waals surface area contributed by atoms with E-state index >= 15 is 0 Å². The summed E-state index contributed by atoms with van der Waals surface area (Å²) in [7, 11) is 3.94. The Morgan fingerprint density at radius 1 is 0.900 bits per heavy atom. The van der Waals surface area contributed by atoms with Crippen LogP contribution in [-0.2, 0) is 26.0 Å². The standard InChI is InChI=1S/C10H8N2.C9H11FN.2C2H4N.Ru/c1-3-7-11-9(5-1)10-6-2-4-8-12-10;1-11(2)7-8-3-5-9(10)6-4-8;2*1-2-3;/h1-8H;3,5-6H,7H2,1-2H3;2*2H,1H3;/q;3*-1;+4. The molecular formula is C23H27FN5Ru+. The fourth-order valence-electron chi connectivity index (χ4n) is 1.91. The van der Waals surface area contributed by atoms with Crippen molar-refractivity contribution in [3.63, 3.8) is 0 Å². The Hall–Kier alpha value is -2.63. The van der Waals surface area contributed by atoms with E-state index in [9.17, 15) is 4.39 Å². The average molecular weight is 494 g/mol. The number of rotatable bonds is 3. The molecule has 0 radical (unpaired) electrons. The molecule has 0 aliphatic carbocycles. The van der Waals surface area contributed by atoms with Gasteiger partial charge in [0.1, 0.15) is 0 Å². The van der Waals surface area contributed by atoms with E-state index in [1.165, 1.54) is 12.1 Å². The van der Waals surface area contributed by atoms with Gasteiger partial charge in [0.2, 0.25) is 0 Å². The maximum Gasteiger partial charge on any atom is 4.00 e. The first-order valence-electron chi connectivity index (χ1n) is 8.95. The molecule has 0 aliphatic heterocycles. The molecule has 0 aliphatic rings. The summed E-state index contributed by atoms with van der Waals surface area (Å²) >= 11 is 0. The largest absolute Gasteiger partial charge is 4.00 e. The van der Waals surface area contributed by atoms with Crippen molar-refractivity contribution in [2.24, 2.45) is 0 Å². The number of aromatic nitrogens is 2. The van der Waals surface area contributed by atoms with E-state index in [1.54, 1.807) is 32.3 Å². The van der Waals surface area contributed by atoms with Crippen molar-refractivity contribution in [3.8, 4) is 11.4 Å². The fraction of sp³-hybridized carbons (Fsp3) is 0.217. The van der Waals surface area contributed by atoms with Crippen molar-refractivity contribution >= 4 is 12.4 Å². The minimum absolute atomic E-state index is 0. The van der Waals surface area contributed by atoms with Gasteiger partial charge in [0, 0.05) is 24.8 Å². The van der Waals surface area contributed by atoms with Crippen molar-refractivity contribution in [2.45, 2.75) is 20.4 Å². The minimum atomic E-state index is -0.229. The zero-order valence-electron chi connectivity index (χ0n) is 17.7. The number of pyridine rings is 2. The number of hydrogen-bond acceptors (Lipinski definition) is 3. The van der Waals surface area contributed by atoms with Crippen LogP contribution in [0.2, 0.25) is 0 Å². The zero-order valence-corrected chi connectivity index (χ0v) is 19.4. The molecule has 3 aromatic rings. The van der Waals surface area contributed by atoms with Crippen LogP contribution >= 0.6 is 0 Å². The van der Waals surface area contributed by atoms with Gasteiger partial charge in [-0.05, 0) is 38.4 Å². The summed E-state index contributed by atoms with van der Waals surface area (Å²) in [5.41, 5.74) is 2.84. The molecule has 3 rings (SSSR count). The van der Waals surface area contributed by atoms with Gasteiger partial charge in [-0.3, -0.25) is 14.4 Å². The van der Waals surface area contributed by atoms with Gasteiger partial charge in [0.05, 0.1) is 11.4 Å².